The molecule has 118 valence electrons. The van der Waals surface area contributed by atoms with Crippen molar-refractivity contribution in [1.29, 1.82) is 0 Å². The van der Waals surface area contributed by atoms with Crippen LogP contribution in [0.4, 0.5) is 10.1 Å². The molecule has 3 fully saturated rings. The van der Waals surface area contributed by atoms with Crippen molar-refractivity contribution in [2.75, 3.05) is 31.1 Å². The normalized spacial score (nSPS) is 30.9. The minimum Gasteiger partial charge on any atom is -0.366 e. The van der Waals surface area contributed by atoms with Gasteiger partial charge in [0.1, 0.15) is 5.82 Å². The SMILES string of the molecule is O=C([C@H]1C[C@H]2CC[C@H]1C2)N1CCN(c2ccccc2F)CC1. The highest BCUT2D eigenvalue weighted by atomic mass is 19.1. The molecule has 2 saturated carbocycles. The molecule has 2 bridgehead atoms. The van der Waals surface area contributed by atoms with E-state index in [1.165, 1.54) is 25.3 Å². The monoisotopic (exact) mass is 302 g/mol. The number of carbonyl (C=O) groups excluding carboxylic acids is 1. The van der Waals surface area contributed by atoms with E-state index in [0.717, 1.165) is 38.5 Å². The van der Waals surface area contributed by atoms with Gasteiger partial charge in [-0.15, -0.1) is 0 Å². The third kappa shape index (κ3) is 2.38. The standard InChI is InChI=1S/C18H23FN2O/c19-16-3-1-2-4-17(16)20-7-9-21(10-8-20)18(22)15-12-13-5-6-14(15)11-13/h1-4,13-15H,5-12H2/t13-,14-,15-/m0/s1. The number of halogens is 1. The molecule has 1 saturated heterocycles. The Kier molecular flexibility index (Phi) is 3.55. The molecule has 3 nitrogen and oxygen atoms in total. The van der Waals surface area contributed by atoms with Gasteiger partial charge in [0.25, 0.3) is 0 Å². The zero-order chi connectivity index (χ0) is 15.1. The number of anilines is 1. The van der Waals surface area contributed by atoms with E-state index in [9.17, 15) is 9.18 Å². The first-order valence-electron chi connectivity index (χ1n) is 8.50. The number of rotatable bonds is 2. The van der Waals surface area contributed by atoms with Crippen LogP contribution in [-0.4, -0.2) is 37.0 Å². The molecule has 1 aromatic rings. The average Bonchev–Trinajstić information content (AvgIpc) is 3.18. The van der Waals surface area contributed by atoms with Gasteiger partial charge in [0, 0.05) is 32.1 Å². The van der Waals surface area contributed by atoms with Crippen LogP contribution >= 0.6 is 0 Å². The molecule has 1 amide bonds. The van der Waals surface area contributed by atoms with E-state index in [1.807, 2.05) is 17.0 Å². The lowest BCUT2D eigenvalue weighted by atomic mass is 9.87. The lowest BCUT2D eigenvalue weighted by Crippen LogP contribution is -2.51. The van der Waals surface area contributed by atoms with E-state index in [0.29, 0.717) is 17.5 Å². The number of hydrogen-bond donors (Lipinski definition) is 0. The maximum Gasteiger partial charge on any atom is 0.226 e. The van der Waals surface area contributed by atoms with Crippen LogP contribution in [0.2, 0.25) is 0 Å². The summed E-state index contributed by atoms with van der Waals surface area (Å²) in [4.78, 5) is 16.8. The third-order valence-corrected chi connectivity index (χ3v) is 5.84. The summed E-state index contributed by atoms with van der Waals surface area (Å²) in [6.45, 7) is 2.91. The molecule has 1 aliphatic heterocycles. The van der Waals surface area contributed by atoms with Gasteiger partial charge in [-0.3, -0.25) is 4.79 Å². The summed E-state index contributed by atoms with van der Waals surface area (Å²) in [5.74, 6) is 1.91. The van der Waals surface area contributed by atoms with Gasteiger partial charge in [-0.05, 0) is 43.2 Å². The van der Waals surface area contributed by atoms with Gasteiger partial charge in [0.2, 0.25) is 5.91 Å². The zero-order valence-corrected chi connectivity index (χ0v) is 12.9. The van der Waals surface area contributed by atoms with Gasteiger partial charge in [0.05, 0.1) is 5.69 Å². The molecule has 0 N–H and O–H groups in total. The number of piperazine rings is 1. The summed E-state index contributed by atoms with van der Waals surface area (Å²) in [6.07, 6.45) is 4.95. The Balaban J connectivity index is 1.38. The molecule has 3 atom stereocenters. The van der Waals surface area contributed by atoms with Crippen molar-refractivity contribution in [2.45, 2.75) is 25.7 Å². The Labute approximate surface area is 131 Å². The van der Waals surface area contributed by atoms with E-state index in [-0.39, 0.29) is 11.7 Å². The van der Waals surface area contributed by atoms with Gasteiger partial charge in [-0.1, -0.05) is 18.6 Å². The van der Waals surface area contributed by atoms with Crippen LogP contribution in [0.25, 0.3) is 0 Å². The number of fused-ring (bicyclic) bond motifs is 2. The van der Waals surface area contributed by atoms with Gasteiger partial charge in [-0.25, -0.2) is 4.39 Å². The van der Waals surface area contributed by atoms with Crippen molar-refractivity contribution >= 4 is 11.6 Å². The molecule has 1 aromatic carbocycles. The Hall–Kier alpha value is -1.58. The molecule has 0 aromatic heterocycles. The van der Waals surface area contributed by atoms with Crippen molar-refractivity contribution < 1.29 is 9.18 Å². The largest absolute Gasteiger partial charge is 0.366 e. The van der Waals surface area contributed by atoms with Crippen LogP contribution in [0.5, 0.6) is 0 Å². The smallest absolute Gasteiger partial charge is 0.226 e. The van der Waals surface area contributed by atoms with Crippen LogP contribution in [0.15, 0.2) is 24.3 Å². The Morgan fingerprint density at radius 1 is 1.05 bits per heavy atom. The van der Waals surface area contributed by atoms with E-state index < -0.39 is 0 Å². The Morgan fingerprint density at radius 3 is 2.45 bits per heavy atom. The Morgan fingerprint density at radius 2 is 1.82 bits per heavy atom. The highest BCUT2D eigenvalue weighted by molar-refractivity contribution is 5.80. The summed E-state index contributed by atoms with van der Waals surface area (Å²) >= 11 is 0. The van der Waals surface area contributed by atoms with Crippen LogP contribution in [0.1, 0.15) is 25.7 Å². The molecule has 2 aliphatic carbocycles. The number of hydrogen-bond acceptors (Lipinski definition) is 2. The number of benzene rings is 1. The fourth-order valence-corrected chi connectivity index (χ4v) is 4.66. The quantitative estimate of drug-likeness (QED) is 0.838. The van der Waals surface area contributed by atoms with Crippen LogP contribution in [-0.2, 0) is 4.79 Å². The number of nitrogens with zero attached hydrogens (tertiary/aromatic N) is 2. The molecule has 22 heavy (non-hydrogen) atoms. The molecule has 3 aliphatic rings. The topological polar surface area (TPSA) is 23.6 Å². The first-order valence-corrected chi connectivity index (χ1v) is 8.50. The molecular formula is C18H23FN2O. The first kappa shape index (κ1) is 14.0. The van der Waals surface area contributed by atoms with E-state index in [4.69, 9.17) is 0 Å². The fourth-order valence-electron chi connectivity index (χ4n) is 4.66. The first-order chi connectivity index (χ1) is 10.7. The van der Waals surface area contributed by atoms with E-state index >= 15 is 0 Å². The van der Waals surface area contributed by atoms with Crippen molar-refractivity contribution in [3.63, 3.8) is 0 Å². The minimum atomic E-state index is -0.171. The molecule has 0 radical (unpaired) electrons. The molecule has 0 unspecified atom stereocenters. The number of para-hydroxylation sites is 1. The molecular weight excluding hydrogens is 279 g/mol. The van der Waals surface area contributed by atoms with Crippen molar-refractivity contribution in [3.8, 4) is 0 Å². The van der Waals surface area contributed by atoms with Gasteiger partial charge < -0.3 is 9.80 Å². The van der Waals surface area contributed by atoms with Gasteiger partial charge >= 0.3 is 0 Å². The van der Waals surface area contributed by atoms with E-state index in [2.05, 4.69) is 4.90 Å². The number of amides is 1. The van der Waals surface area contributed by atoms with Crippen molar-refractivity contribution in [3.05, 3.63) is 30.1 Å². The maximum atomic E-state index is 13.9. The second-order valence-corrected chi connectivity index (χ2v) is 7.05. The second-order valence-electron chi connectivity index (χ2n) is 7.05. The molecule has 0 spiro atoms. The summed E-state index contributed by atoms with van der Waals surface area (Å²) < 4.78 is 13.9. The summed E-state index contributed by atoms with van der Waals surface area (Å²) in [5, 5.41) is 0. The highest BCUT2D eigenvalue weighted by Crippen LogP contribution is 2.48. The summed E-state index contributed by atoms with van der Waals surface area (Å²) in [6, 6.07) is 6.91. The van der Waals surface area contributed by atoms with Crippen LogP contribution in [0, 0.1) is 23.6 Å². The van der Waals surface area contributed by atoms with Crippen molar-refractivity contribution in [1.82, 2.24) is 4.90 Å². The summed E-state index contributed by atoms with van der Waals surface area (Å²) in [7, 11) is 0. The van der Waals surface area contributed by atoms with Crippen molar-refractivity contribution in [2.24, 2.45) is 17.8 Å². The van der Waals surface area contributed by atoms with Gasteiger partial charge in [0.15, 0.2) is 0 Å². The lowest BCUT2D eigenvalue weighted by molar-refractivity contribution is -0.137. The Bertz CT molecular complexity index is 568. The zero-order valence-electron chi connectivity index (χ0n) is 12.9. The third-order valence-electron chi connectivity index (χ3n) is 5.84. The fraction of sp³-hybridized carbons (Fsp3) is 0.611. The maximum absolute atomic E-state index is 13.9. The lowest BCUT2D eigenvalue weighted by Gasteiger charge is -2.38. The van der Waals surface area contributed by atoms with Crippen LogP contribution in [0.3, 0.4) is 0 Å². The number of carbonyl (C=O) groups is 1. The van der Waals surface area contributed by atoms with E-state index in [1.54, 1.807) is 6.07 Å². The predicted molar refractivity (Wildman–Crippen MR) is 84.1 cm³/mol. The minimum absolute atomic E-state index is 0.171. The molecule has 4 rings (SSSR count). The summed E-state index contributed by atoms with van der Waals surface area (Å²) in [5.41, 5.74) is 0.662. The molecule has 4 heteroatoms. The second kappa shape index (κ2) is 5.56. The molecule has 1 heterocycles. The van der Waals surface area contributed by atoms with Gasteiger partial charge in [-0.2, -0.15) is 0 Å². The van der Waals surface area contributed by atoms with Crippen LogP contribution < -0.4 is 4.90 Å². The average molecular weight is 302 g/mol. The highest BCUT2D eigenvalue weighted by Gasteiger charge is 2.44. The predicted octanol–water partition coefficient (Wildman–Crippen LogP) is 2.91.